The summed E-state index contributed by atoms with van der Waals surface area (Å²) >= 11 is 0. The third-order valence-electron chi connectivity index (χ3n) is 1.65. The second kappa shape index (κ2) is 9.48. The van der Waals surface area contributed by atoms with Crippen molar-refractivity contribution in [3.8, 4) is 0 Å². The van der Waals surface area contributed by atoms with Crippen molar-refractivity contribution in [2.75, 3.05) is 0 Å². The average Bonchev–Trinajstić information content (AvgIpc) is 2.03. The van der Waals surface area contributed by atoms with Gasteiger partial charge in [0.25, 0.3) is 0 Å². The summed E-state index contributed by atoms with van der Waals surface area (Å²) in [7, 11) is 0. The first kappa shape index (κ1) is 10.5. The van der Waals surface area contributed by atoms with E-state index in [1.165, 1.54) is 38.5 Å². The normalized spacial score (nSPS) is 10.6. The fourth-order valence-electron chi connectivity index (χ4n) is 0.953. The van der Waals surface area contributed by atoms with Gasteiger partial charge in [0, 0.05) is 0 Å². The van der Waals surface area contributed by atoms with E-state index in [4.69, 9.17) is 0 Å². The first-order chi connectivity index (χ1) is 5.41. The number of allylic oxidation sites excluding steroid dienone is 3. The zero-order valence-electron chi connectivity index (χ0n) is 7.68. The Kier molecular flexibility index (Phi) is 9.03. The van der Waals surface area contributed by atoms with Crippen LogP contribution in [0.15, 0.2) is 24.8 Å². The van der Waals surface area contributed by atoms with E-state index in [1.807, 2.05) is 6.08 Å². The van der Waals surface area contributed by atoms with Gasteiger partial charge in [0.15, 0.2) is 0 Å². The van der Waals surface area contributed by atoms with Gasteiger partial charge in [-0.2, -0.15) is 0 Å². The number of rotatable bonds is 7. The molecule has 0 saturated carbocycles. The molecule has 0 atom stereocenters. The van der Waals surface area contributed by atoms with E-state index in [0.29, 0.717) is 0 Å². The SMILES string of the molecule is C=CCCCC/C=C/CCC. The predicted molar refractivity (Wildman–Crippen MR) is 52.7 cm³/mol. The molecule has 0 aromatic rings. The highest BCUT2D eigenvalue weighted by molar-refractivity contribution is 4.81. The molecule has 0 aliphatic rings. The molecule has 0 nitrogen and oxygen atoms in total. The van der Waals surface area contributed by atoms with Gasteiger partial charge in [0.2, 0.25) is 0 Å². The zero-order chi connectivity index (χ0) is 8.36. The molecule has 0 aliphatic carbocycles. The third kappa shape index (κ3) is 9.48. The van der Waals surface area contributed by atoms with Gasteiger partial charge in [-0.3, -0.25) is 0 Å². The van der Waals surface area contributed by atoms with Crippen molar-refractivity contribution < 1.29 is 0 Å². The molecular formula is C11H20. The molecule has 0 unspecified atom stereocenters. The molecular weight excluding hydrogens is 132 g/mol. The van der Waals surface area contributed by atoms with Crippen molar-refractivity contribution in [2.24, 2.45) is 0 Å². The van der Waals surface area contributed by atoms with E-state index in [0.717, 1.165) is 0 Å². The maximum absolute atomic E-state index is 3.69. The van der Waals surface area contributed by atoms with Crippen LogP contribution in [0.25, 0.3) is 0 Å². The van der Waals surface area contributed by atoms with Gasteiger partial charge in [-0.15, -0.1) is 6.58 Å². The van der Waals surface area contributed by atoms with Gasteiger partial charge in [-0.05, 0) is 32.1 Å². The lowest BCUT2D eigenvalue weighted by Crippen LogP contribution is -1.71. The van der Waals surface area contributed by atoms with E-state index < -0.39 is 0 Å². The van der Waals surface area contributed by atoms with Crippen molar-refractivity contribution >= 4 is 0 Å². The second-order valence-electron chi connectivity index (χ2n) is 2.83. The van der Waals surface area contributed by atoms with Crippen LogP contribution in [-0.2, 0) is 0 Å². The largest absolute Gasteiger partial charge is 0.103 e. The molecule has 0 heteroatoms. The van der Waals surface area contributed by atoms with Crippen LogP contribution in [0.5, 0.6) is 0 Å². The molecule has 64 valence electrons. The van der Waals surface area contributed by atoms with Gasteiger partial charge >= 0.3 is 0 Å². The standard InChI is InChI=1S/C11H20/c1-3-5-7-9-11-10-8-6-4-2/h3,8,10H,1,4-7,9,11H2,2H3/b10-8+. The fraction of sp³-hybridized carbons (Fsp3) is 0.636. The van der Waals surface area contributed by atoms with E-state index in [2.05, 4.69) is 25.7 Å². The lowest BCUT2D eigenvalue weighted by Gasteiger charge is -1.91. The Morgan fingerprint density at radius 3 is 2.27 bits per heavy atom. The quantitative estimate of drug-likeness (QED) is 0.381. The molecule has 0 fully saturated rings. The van der Waals surface area contributed by atoms with Gasteiger partial charge in [-0.1, -0.05) is 31.6 Å². The summed E-state index contributed by atoms with van der Waals surface area (Å²) in [4.78, 5) is 0. The Morgan fingerprint density at radius 2 is 1.64 bits per heavy atom. The molecule has 0 aliphatic heterocycles. The Balaban J connectivity index is 2.94. The Bertz CT molecular complexity index is 101. The summed E-state index contributed by atoms with van der Waals surface area (Å²) in [6.07, 6.45) is 14.1. The molecule has 0 spiro atoms. The smallest absolute Gasteiger partial charge is 0.0351 e. The lowest BCUT2D eigenvalue weighted by molar-refractivity contribution is 0.760. The van der Waals surface area contributed by atoms with Gasteiger partial charge < -0.3 is 0 Å². The number of hydrogen-bond donors (Lipinski definition) is 0. The summed E-state index contributed by atoms with van der Waals surface area (Å²) in [6.45, 7) is 5.90. The fourth-order valence-corrected chi connectivity index (χ4v) is 0.953. The van der Waals surface area contributed by atoms with Crippen LogP contribution in [0, 0.1) is 0 Å². The molecule has 0 rings (SSSR count). The van der Waals surface area contributed by atoms with Gasteiger partial charge in [0.05, 0.1) is 0 Å². The van der Waals surface area contributed by atoms with Crippen molar-refractivity contribution in [3.05, 3.63) is 24.8 Å². The molecule has 0 saturated heterocycles. The van der Waals surface area contributed by atoms with Crippen LogP contribution in [0.2, 0.25) is 0 Å². The van der Waals surface area contributed by atoms with E-state index in [9.17, 15) is 0 Å². The van der Waals surface area contributed by atoms with Crippen LogP contribution in [0.4, 0.5) is 0 Å². The number of unbranched alkanes of at least 4 members (excludes halogenated alkanes) is 4. The highest BCUT2D eigenvalue weighted by atomic mass is 13.9. The minimum atomic E-state index is 1.17. The minimum Gasteiger partial charge on any atom is -0.103 e. The second-order valence-corrected chi connectivity index (χ2v) is 2.83. The first-order valence-electron chi connectivity index (χ1n) is 4.67. The highest BCUT2D eigenvalue weighted by Crippen LogP contribution is 2.01. The maximum Gasteiger partial charge on any atom is -0.0351 e. The van der Waals surface area contributed by atoms with Crippen LogP contribution < -0.4 is 0 Å². The Hall–Kier alpha value is -0.520. The Labute approximate surface area is 71.0 Å². The molecule has 0 heterocycles. The summed E-state index contributed by atoms with van der Waals surface area (Å²) in [6, 6.07) is 0. The van der Waals surface area contributed by atoms with E-state index in [-0.39, 0.29) is 0 Å². The summed E-state index contributed by atoms with van der Waals surface area (Å²) in [5.41, 5.74) is 0. The first-order valence-corrected chi connectivity index (χ1v) is 4.67. The molecule has 0 amide bonds. The monoisotopic (exact) mass is 152 g/mol. The summed E-state index contributed by atoms with van der Waals surface area (Å²) < 4.78 is 0. The van der Waals surface area contributed by atoms with Crippen LogP contribution in [-0.4, -0.2) is 0 Å². The van der Waals surface area contributed by atoms with Crippen LogP contribution in [0.1, 0.15) is 45.4 Å². The molecule has 0 aromatic heterocycles. The molecule has 11 heavy (non-hydrogen) atoms. The molecule has 0 radical (unpaired) electrons. The average molecular weight is 152 g/mol. The maximum atomic E-state index is 3.69. The lowest BCUT2D eigenvalue weighted by atomic mass is 10.2. The van der Waals surface area contributed by atoms with Crippen molar-refractivity contribution in [1.82, 2.24) is 0 Å². The third-order valence-corrected chi connectivity index (χ3v) is 1.65. The van der Waals surface area contributed by atoms with Crippen molar-refractivity contribution in [3.63, 3.8) is 0 Å². The molecule has 0 bridgehead atoms. The van der Waals surface area contributed by atoms with Gasteiger partial charge in [-0.25, -0.2) is 0 Å². The topological polar surface area (TPSA) is 0 Å². The zero-order valence-corrected chi connectivity index (χ0v) is 7.68. The molecule has 0 N–H and O–H groups in total. The molecule has 0 aromatic carbocycles. The van der Waals surface area contributed by atoms with Crippen molar-refractivity contribution in [1.29, 1.82) is 0 Å². The number of hydrogen-bond acceptors (Lipinski definition) is 0. The van der Waals surface area contributed by atoms with Crippen molar-refractivity contribution in [2.45, 2.75) is 45.4 Å². The van der Waals surface area contributed by atoms with Crippen LogP contribution >= 0.6 is 0 Å². The van der Waals surface area contributed by atoms with Crippen LogP contribution in [0.3, 0.4) is 0 Å². The van der Waals surface area contributed by atoms with E-state index in [1.54, 1.807) is 0 Å². The summed E-state index contributed by atoms with van der Waals surface area (Å²) in [5.74, 6) is 0. The summed E-state index contributed by atoms with van der Waals surface area (Å²) in [5, 5.41) is 0. The Morgan fingerprint density at radius 1 is 1.00 bits per heavy atom. The predicted octanol–water partition coefficient (Wildman–Crippen LogP) is 4.09. The van der Waals surface area contributed by atoms with E-state index >= 15 is 0 Å². The minimum absolute atomic E-state index is 1.17. The highest BCUT2D eigenvalue weighted by Gasteiger charge is 1.81. The van der Waals surface area contributed by atoms with Gasteiger partial charge in [0.1, 0.15) is 0 Å².